The second kappa shape index (κ2) is 8.69. The lowest BCUT2D eigenvalue weighted by Crippen LogP contribution is -2.22. The lowest BCUT2D eigenvalue weighted by Gasteiger charge is -2.14. The quantitative estimate of drug-likeness (QED) is 0.256. The normalized spacial score (nSPS) is 10.9. The van der Waals surface area contributed by atoms with Crippen molar-refractivity contribution in [1.82, 2.24) is 9.55 Å². The molecule has 156 valence electrons. The number of hydrogen-bond donors (Lipinski definition) is 0. The molecule has 0 fully saturated rings. The Morgan fingerprint density at radius 1 is 1.06 bits per heavy atom. The van der Waals surface area contributed by atoms with E-state index >= 15 is 0 Å². The van der Waals surface area contributed by atoms with Gasteiger partial charge in [-0.15, -0.1) is 0 Å². The molecule has 31 heavy (non-hydrogen) atoms. The first kappa shape index (κ1) is 20.7. The third-order valence-corrected chi connectivity index (χ3v) is 5.62. The molecule has 0 atom stereocenters. The maximum Gasteiger partial charge on any atom is 0.337 e. The van der Waals surface area contributed by atoms with E-state index < -0.39 is 23.2 Å². The molecule has 8 heteroatoms. The zero-order valence-corrected chi connectivity index (χ0v) is 17.2. The van der Waals surface area contributed by atoms with E-state index in [2.05, 4.69) is 4.98 Å². The van der Waals surface area contributed by atoms with Gasteiger partial charge in [-0.05, 0) is 42.0 Å². The van der Waals surface area contributed by atoms with Crippen molar-refractivity contribution in [3.05, 3.63) is 99.8 Å². The van der Waals surface area contributed by atoms with Gasteiger partial charge in [-0.3, -0.25) is 9.36 Å². The fourth-order valence-corrected chi connectivity index (χ4v) is 4.09. The first-order valence-electron chi connectivity index (χ1n) is 9.25. The summed E-state index contributed by atoms with van der Waals surface area (Å²) in [5.41, 5.74) is 1.12. The number of methoxy groups -OCH3 is 1. The number of nitrogens with zero attached hydrogens (tertiary/aromatic N) is 2. The van der Waals surface area contributed by atoms with E-state index in [0.29, 0.717) is 22.2 Å². The summed E-state index contributed by atoms with van der Waals surface area (Å²) in [4.78, 5) is 29.5. The largest absolute Gasteiger partial charge is 0.465 e. The molecule has 4 rings (SSSR count). The van der Waals surface area contributed by atoms with Crippen molar-refractivity contribution < 1.29 is 18.3 Å². The number of para-hydroxylation sites is 1. The standard InChI is InChI=1S/C23H16F2N2O3S/c1-30-22(29)15-6-4-5-14(11-15)13-31-23-26-19-8-3-2-7-17(19)21(28)27(23)20-10-9-16(24)12-18(20)25/h2-12H,13H2,1H3. The summed E-state index contributed by atoms with van der Waals surface area (Å²) in [6, 6.07) is 16.7. The molecule has 0 saturated heterocycles. The molecule has 0 aliphatic rings. The monoisotopic (exact) mass is 438 g/mol. The van der Waals surface area contributed by atoms with Crippen molar-refractivity contribution in [2.45, 2.75) is 10.9 Å². The van der Waals surface area contributed by atoms with Gasteiger partial charge in [0.25, 0.3) is 5.56 Å². The molecule has 1 aromatic heterocycles. The number of benzene rings is 3. The van der Waals surface area contributed by atoms with Crippen LogP contribution in [0.25, 0.3) is 16.6 Å². The first-order valence-corrected chi connectivity index (χ1v) is 10.2. The van der Waals surface area contributed by atoms with E-state index in [4.69, 9.17) is 4.74 Å². The van der Waals surface area contributed by atoms with E-state index in [0.717, 1.165) is 22.3 Å². The van der Waals surface area contributed by atoms with Crippen molar-refractivity contribution >= 4 is 28.6 Å². The number of aromatic nitrogens is 2. The summed E-state index contributed by atoms with van der Waals surface area (Å²) >= 11 is 1.20. The summed E-state index contributed by atoms with van der Waals surface area (Å²) in [5.74, 6) is -1.70. The second-order valence-electron chi connectivity index (χ2n) is 6.63. The molecule has 5 nitrogen and oxygen atoms in total. The average molecular weight is 438 g/mol. The first-order chi connectivity index (χ1) is 15.0. The minimum Gasteiger partial charge on any atom is -0.465 e. The van der Waals surface area contributed by atoms with Crippen molar-refractivity contribution in [3.63, 3.8) is 0 Å². The van der Waals surface area contributed by atoms with Gasteiger partial charge in [-0.25, -0.2) is 18.6 Å². The highest BCUT2D eigenvalue weighted by atomic mass is 32.2. The highest BCUT2D eigenvalue weighted by Gasteiger charge is 2.17. The summed E-state index contributed by atoms with van der Waals surface area (Å²) in [6.07, 6.45) is 0. The second-order valence-corrected chi connectivity index (χ2v) is 7.57. The fourth-order valence-electron chi connectivity index (χ4n) is 3.14. The Hall–Kier alpha value is -3.52. The fraction of sp³-hybridized carbons (Fsp3) is 0.0870. The van der Waals surface area contributed by atoms with Crippen molar-refractivity contribution in [2.24, 2.45) is 0 Å². The van der Waals surface area contributed by atoms with Crippen LogP contribution < -0.4 is 5.56 Å². The Kier molecular flexibility index (Phi) is 5.81. The highest BCUT2D eigenvalue weighted by Crippen LogP contribution is 2.26. The third kappa shape index (κ3) is 4.20. The topological polar surface area (TPSA) is 61.2 Å². The van der Waals surface area contributed by atoms with Gasteiger partial charge in [-0.1, -0.05) is 36.0 Å². The van der Waals surface area contributed by atoms with Crippen LogP contribution in [0.15, 0.2) is 76.7 Å². The number of esters is 1. The molecule has 0 unspecified atom stereocenters. The van der Waals surface area contributed by atoms with Gasteiger partial charge in [0, 0.05) is 11.8 Å². The maximum atomic E-state index is 14.6. The van der Waals surface area contributed by atoms with Crippen LogP contribution in [0.3, 0.4) is 0 Å². The zero-order chi connectivity index (χ0) is 22.0. The molecule has 0 spiro atoms. The van der Waals surface area contributed by atoms with Gasteiger partial charge in [0.1, 0.15) is 11.6 Å². The minimum absolute atomic E-state index is 0.0875. The van der Waals surface area contributed by atoms with Crippen molar-refractivity contribution in [1.29, 1.82) is 0 Å². The Morgan fingerprint density at radius 2 is 1.87 bits per heavy atom. The van der Waals surface area contributed by atoms with Gasteiger partial charge in [-0.2, -0.15) is 0 Å². The Balaban J connectivity index is 1.80. The number of carbonyl (C=O) groups excluding carboxylic acids is 1. The van der Waals surface area contributed by atoms with Gasteiger partial charge in [0.15, 0.2) is 5.16 Å². The van der Waals surface area contributed by atoms with Gasteiger partial charge < -0.3 is 4.74 Å². The molecule has 0 amide bonds. The van der Waals surface area contributed by atoms with Gasteiger partial charge in [0.05, 0.1) is 29.3 Å². The predicted octanol–water partition coefficient (Wildman–Crippen LogP) is 4.74. The lowest BCUT2D eigenvalue weighted by atomic mass is 10.1. The van der Waals surface area contributed by atoms with Crippen LogP contribution in [0.2, 0.25) is 0 Å². The summed E-state index contributed by atoms with van der Waals surface area (Å²) < 4.78 is 33.9. The number of halogens is 2. The van der Waals surface area contributed by atoms with Crippen molar-refractivity contribution in [3.8, 4) is 5.69 Å². The third-order valence-electron chi connectivity index (χ3n) is 4.61. The van der Waals surface area contributed by atoms with E-state index in [1.807, 2.05) is 6.07 Å². The molecule has 0 N–H and O–H groups in total. The Morgan fingerprint density at radius 3 is 2.65 bits per heavy atom. The number of carbonyl (C=O) groups is 1. The van der Waals surface area contributed by atoms with E-state index in [1.54, 1.807) is 42.5 Å². The van der Waals surface area contributed by atoms with E-state index in [9.17, 15) is 18.4 Å². The maximum absolute atomic E-state index is 14.6. The molecule has 1 heterocycles. The van der Waals surface area contributed by atoms with Crippen LogP contribution >= 0.6 is 11.8 Å². The smallest absolute Gasteiger partial charge is 0.337 e. The van der Waals surface area contributed by atoms with Crippen LogP contribution in [0.5, 0.6) is 0 Å². The summed E-state index contributed by atoms with van der Waals surface area (Å²) in [5, 5.41) is 0.570. The van der Waals surface area contributed by atoms with Crippen LogP contribution in [0.4, 0.5) is 8.78 Å². The molecule has 0 radical (unpaired) electrons. The Bertz CT molecular complexity index is 1350. The van der Waals surface area contributed by atoms with Crippen LogP contribution in [-0.2, 0) is 10.5 Å². The molecular formula is C23H16F2N2O3S. The molecule has 4 aromatic rings. The molecule has 0 saturated carbocycles. The number of rotatable bonds is 5. The van der Waals surface area contributed by atoms with Crippen LogP contribution in [0.1, 0.15) is 15.9 Å². The molecule has 0 bridgehead atoms. The molecule has 0 aliphatic heterocycles. The average Bonchev–Trinajstić information content (AvgIpc) is 2.78. The molecular weight excluding hydrogens is 422 g/mol. The van der Waals surface area contributed by atoms with Crippen molar-refractivity contribution in [2.75, 3.05) is 7.11 Å². The zero-order valence-electron chi connectivity index (χ0n) is 16.3. The van der Waals surface area contributed by atoms with Crippen LogP contribution in [-0.4, -0.2) is 22.6 Å². The minimum atomic E-state index is -0.867. The number of hydrogen-bond acceptors (Lipinski definition) is 5. The highest BCUT2D eigenvalue weighted by molar-refractivity contribution is 7.98. The van der Waals surface area contributed by atoms with Crippen LogP contribution in [0, 0.1) is 11.6 Å². The Labute approximate surface area is 180 Å². The van der Waals surface area contributed by atoms with E-state index in [-0.39, 0.29) is 10.8 Å². The van der Waals surface area contributed by atoms with E-state index in [1.165, 1.54) is 24.9 Å². The summed E-state index contributed by atoms with van der Waals surface area (Å²) in [7, 11) is 1.30. The molecule has 3 aromatic carbocycles. The van der Waals surface area contributed by atoms with Gasteiger partial charge >= 0.3 is 5.97 Å². The number of ether oxygens (including phenoxy) is 1. The number of thioether (sulfide) groups is 1. The van der Waals surface area contributed by atoms with Gasteiger partial charge in [0.2, 0.25) is 0 Å². The lowest BCUT2D eigenvalue weighted by molar-refractivity contribution is 0.0600. The predicted molar refractivity (Wildman–Crippen MR) is 115 cm³/mol. The molecule has 0 aliphatic carbocycles. The summed E-state index contributed by atoms with van der Waals surface area (Å²) in [6.45, 7) is 0. The SMILES string of the molecule is COC(=O)c1cccc(CSc2nc3ccccc3c(=O)n2-c2ccc(F)cc2F)c1. The number of fused-ring (bicyclic) bond motifs is 1.